The van der Waals surface area contributed by atoms with Crippen molar-refractivity contribution in [3.05, 3.63) is 90.0 Å². The average molecular weight is 355 g/mol. The van der Waals surface area contributed by atoms with Crippen LogP contribution in [0.4, 0.5) is 0 Å². The number of likely N-dealkylation sites (N-methyl/N-ethyl adjacent to an activating group) is 1. The molecular weight excluding hydrogens is 334 g/mol. The van der Waals surface area contributed by atoms with Gasteiger partial charge in [-0.1, -0.05) is 84.6 Å². The van der Waals surface area contributed by atoms with Crippen LogP contribution in [0.15, 0.2) is 78.9 Å². The van der Waals surface area contributed by atoms with E-state index >= 15 is 0 Å². The van der Waals surface area contributed by atoms with E-state index < -0.39 is 5.97 Å². The molecule has 0 saturated heterocycles. The van der Waals surface area contributed by atoms with E-state index in [9.17, 15) is 4.79 Å². The molecule has 0 atom stereocenters. The summed E-state index contributed by atoms with van der Waals surface area (Å²) in [6.07, 6.45) is 1.98. The summed E-state index contributed by atoms with van der Waals surface area (Å²) in [7, 11) is 1.78. The van der Waals surface area contributed by atoms with E-state index in [4.69, 9.17) is 5.11 Å². The fraction of sp³-hybridized carbons (Fsp3) is 0.125. The van der Waals surface area contributed by atoms with Crippen LogP contribution < -0.4 is 0 Å². The molecule has 3 aromatic carbocycles. The van der Waals surface area contributed by atoms with Gasteiger partial charge < -0.3 is 5.11 Å². The summed E-state index contributed by atoms with van der Waals surface area (Å²) in [5.74, 6) is 5.75. The fourth-order valence-corrected chi connectivity index (χ4v) is 2.87. The Bertz CT molecular complexity index is 1020. The Morgan fingerprint density at radius 2 is 1.70 bits per heavy atom. The van der Waals surface area contributed by atoms with Crippen LogP contribution in [0.3, 0.4) is 0 Å². The third kappa shape index (κ3) is 5.07. The highest BCUT2D eigenvalue weighted by atomic mass is 16.4. The standard InChI is InChI=1S/C24H21NO2/c1-25(18-24(26)27)17-16-20(19-8-3-2-4-9-19)14-15-22-12-7-11-21-10-5-6-13-23(21)22/h2-13,16H,17-18H2,1H3,(H,26,27)/b20-16+. The van der Waals surface area contributed by atoms with Crippen molar-refractivity contribution in [2.75, 3.05) is 20.1 Å². The molecule has 134 valence electrons. The van der Waals surface area contributed by atoms with Crippen LogP contribution in [-0.2, 0) is 4.79 Å². The average Bonchev–Trinajstić information content (AvgIpc) is 2.68. The van der Waals surface area contributed by atoms with Crippen LogP contribution in [-0.4, -0.2) is 36.1 Å². The largest absolute Gasteiger partial charge is 0.480 e. The molecule has 0 unspecified atom stereocenters. The van der Waals surface area contributed by atoms with E-state index in [0.29, 0.717) is 6.54 Å². The Kier molecular flexibility index (Phi) is 6.04. The molecule has 3 nitrogen and oxygen atoms in total. The first kappa shape index (κ1) is 18.4. The minimum atomic E-state index is -0.839. The van der Waals surface area contributed by atoms with Crippen molar-refractivity contribution in [1.29, 1.82) is 0 Å². The van der Waals surface area contributed by atoms with E-state index in [-0.39, 0.29) is 6.54 Å². The summed E-state index contributed by atoms with van der Waals surface area (Å²) in [5, 5.41) is 11.2. The lowest BCUT2D eigenvalue weighted by atomic mass is 10.0. The number of carboxylic acids is 1. The summed E-state index contributed by atoms with van der Waals surface area (Å²) in [6.45, 7) is 0.510. The minimum Gasteiger partial charge on any atom is -0.480 e. The van der Waals surface area contributed by atoms with Gasteiger partial charge in [-0.2, -0.15) is 0 Å². The number of aliphatic carboxylic acids is 1. The highest BCUT2D eigenvalue weighted by Gasteiger charge is 2.04. The molecule has 0 amide bonds. The molecule has 1 N–H and O–H groups in total. The van der Waals surface area contributed by atoms with Crippen LogP contribution in [0, 0.1) is 11.8 Å². The Hall–Kier alpha value is -3.35. The quantitative estimate of drug-likeness (QED) is 0.694. The summed E-state index contributed by atoms with van der Waals surface area (Å²) < 4.78 is 0. The van der Waals surface area contributed by atoms with Crippen molar-refractivity contribution < 1.29 is 9.90 Å². The van der Waals surface area contributed by atoms with Gasteiger partial charge in [-0.25, -0.2) is 0 Å². The molecular formula is C24H21NO2. The maximum atomic E-state index is 10.9. The summed E-state index contributed by atoms with van der Waals surface area (Å²) >= 11 is 0. The monoisotopic (exact) mass is 355 g/mol. The van der Waals surface area contributed by atoms with Crippen LogP contribution in [0.1, 0.15) is 11.1 Å². The molecule has 3 rings (SSSR count). The molecule has 0 radical (unpaired) electrons. The maximum Gasteiger partial charge on any atom is 0.317 e. The molecule has 3 heteroatoms. The molecule has 0 spiro atoms. The van der Waals surface area contributed by atoms with E-state index in [1.807, 2.05) is 60.7 Å². The summed E-state index contributed by atoms with van der Waals surface area (Å²) in [6, 6.07) is 24.3. The molecule has 0 heterocycles. The number of benzene rings is 3. The lowest BCUT2D eigenvalue weighted by molar-refractivity contribution is -0.137. The number of carboxylic acid groups (broad SMARTS) is 1. The smallest absolute Gasteiger partial charge is 0.317 e. The molecule has 0 aliphatic rings. The zero-order valence-electron chi connectivity index (χ0n) is 15.2. The molecule has 0 saturated carbocycles. The zero-order chi connectivity index (χ0) is 19.1. The van der Waals surface area contributed by atoms with Crippen LogP contribution in [0.25, 0.3) is 16.3 Å². The van der Waals surface area contributed by atoms with Crippen molar-refractivity contribution in [2.45, 2.75) is 0 Å². The second-order valence-electron chi connectivity index (χ2n) is 6.35. The fourth-order valence-electron chi connectivity index (χ4n) is 2.87. The van der Waals surface area contributed by atoms with Crippen molar-refractivity contribution >= 4 is 22.3 Å². The number of hydrogen-bond acceptors (Lipinski definition) is 2. The number of nitrogens with zero attached hydrogens (tertiary/aromatic N) is 1. The summed E-state index contributed by atoms with van der Waals surface area (Å²) in [4.78, 5) is 12.6. The van der Waals surface area contributed by atoms with Gasteiger partial charge in [0.1, 0.15) is 0 Å². The highest BCUT2D eigenvalue weighted by Crippen LogP contribution is 2.19. The number of fused-ring (bicyclic) bond motifs is 1. The predicted octanol–water partition coefficient (Wildman–Crippen LogP) is 4.29. The van der Waals surface area contributed by atoms with Crippen molar-refractivity contribution in [3.63, 3.8) is 0 Å². The Labute approximate surface area is 159 Å². The topological polar surface area (TPSA) is 40.5 Å². The van der Waals surface area contributed by atoms with Crippen LogP contribution in [0.5, 0.6) is 0 Å². The van der Waals surface area contributed by atoms with Gasteiger partial charge in [0, 0.05) is 17.7 Å². The lowest BCUT2D eigenvalue weighted by Gasteiger charge is -2.11. The van der Waals surface area contributed by atoms with Gasteiger partial charge in [0.25, 0.3) is 0 Å². The van der Waals surface area contributed by atoms with Gasteiger partial charge in [0.2, 0.25) is 0 Å². The van der Waals surface area contributed by atoms with E-state index in [1.54, 1.807) is 11.9 Å². The third-order valence-electron chi connectivity index (χ3n) is 4.22. The second kappa shape index (κ2) is 8.84. The predicted molar refractivity (Wildman–Crippen MR) is 110 cm³/mol. The molecule has 0 aliphatic carbocycles. The van der Waals surface area contributed by atoms with E-state index in [1.165, 1.54) is 0 Å². The zero-order valence-corrected chi connectivity index (χ0v) is 15.2. The molecule has 0 aromatic heterocycles. The van der Waals surface area contributed by atoms with Crippen LogP contribution in [0.2, 0.25) is 0 Å². The van der Waals surface area contributed by atoms with E-state index in [2.05, 4.69) is 30.0 Å². The first-order chi connectivity index (χ1) is 13.1. The Morgan fingerprint density at radius 3 is 2.48 bits per heavy atom. The van der Waals surface area contributed by atoms with Gasteiger partial charge >= 0.3 is 5.97 Å². The lowest BCUT2D eigenvalue weighted by Crippen LogP contribution is -2.25. The van der Waals surface area contributed by atoms with Crippen LogP contribution >= 0.6 is 0 Å². The van der Waals surface area contributed by atoms with Crippen molar-refractivity contribution in [3.8, 4) is 11.8 Å². The number of allylic oxidation sites excluding steroid dienone is 1. The molecule has 0 fully saturated rings. The first-order valence-corrected chi connectivity index (χ1v) is 8.79. The minimum absolute atomic E-state index is 0.00464. The number of rotatable bonds is 5. The van der Waals surface area contributed by atoms with Gasteiger partial charge in [-0.05, 0) is 29.4 Å². The van der Waals surface area contributed by atoms with Gasteiger partial charge in [-0.15, -0.1) is 0 Å². The van der Waals surface area contributed by atoms with Gasteiger partial charge in [0.05, 0.1) is 6.54 Å². The van der Waals surface area contributed by atoms with Crippen molar-refractivity contribution in [1.82, 2.24) is 4.90 Å². The van der Waals surface area contributed by atoms with Gasteiger partial charge in [-0.3, -0.25) is 9.69 Å². The number of hydrogen-bond donors (Lipinski definition) is 1. The Balaban J connectivity index is 1.95. The SMILES string of the molecule is CN(C/C=C(\C#Cc1cccc2ccccc12)c1ccccc1)CC(=O)O. The molecule has 0 bridgehead atoms. The normalized spacial score (nSPS) is 11.3. The number of carbonyl (C=O) groups is 1. The maximum absolute atomic E-state index is 10.9. The second-order valence-corrected chi connectivity index (χ2v) is 6.35. The summed E-state index contributed by atoms with van der Waals surface area (Å²) in [5.41, 5.74) is 2.89. The molecule has 27 heavy (non-hydrogen) atoms. The van der Waals surface area contributed by atoms with Gasteiger partial charge in [0.15, 0.2) is 0 Å². The van der Waals surface area contributed by atoms with E-state index in [0.717, 1.165) is 27.5 Å². The highest BCUT2D eigenvalue weighted by molar-refractivity contribution is 5.89. The first-order valence-electron chi connectivity index (χ1n) is 8.79. The Morgan fingerprint density at radius 1 is 1.00 bits per heavy atom. The van der Waals surface area contributed by atoms with Crippen molar-refractivity contribution in [2.24, 2.45) is 0 Å². The molecule has 3 aromatic rings. The molecule has 0 aliphatic heterocycles. The third-order valence-corrected chi connectivity index (χ3v) is 4.22.